The molecule has 0 N–H and O–H groups in total. The summed E-state index contributed by atoms with van der Waals surface area (Å²) in [4.78, 5) is 0. The molecule has 1 aromatic heterocycles. The van der Waals surface area contributed by atoms with E-state index in [1.165, 1.54) is 0 Å². The zero-order valence-corrected chi connectivity index (χ0v) is 9.51. The minimum absolute atomic E-state index is 0.0427. The van der Waals surface area contributed by atoms with Crippen LogP contribution in [0.25, 0.3) is 0 Å². The van der Waals surface area contributed by atoms with E-state index in [1.807, 2.05) is 13.8 Å². The Morgan fingerprint density at radius 1 is 1.27 bits per heavy atom. The second-order valence-electron chi connectivity index (χ2n) is 3.54. The Hall–Kier alpha value is -1.06. The Morgan fingerprint density at radius 3 is 2.27 bits per heavy atom. The van der Waals surface area contributed by atoms with Gasteiger partial charge in [0.1, 0.15) is 0 Å². The zero-order valence-electron chi connectivity index (χ0n) is 9.51. The van der Waals surface area contributed by atoms with Crippen molar-refractivity contribution in [2.45, 2.75) is 46.0 Å². The van der Waals surface area contributed by atoms with E-state index >= 15 is 0 Å². The molecule has 1 aliphatic carbocycles. The summed E-state index contributed by atoms with van der Waals surface area (Å²) in [6.45, 7) is 7.48. The van der Waals surface area contributed by atoms with Crippen molar-refractivity contribution in [3.8, 4) is 0 Å². The average molecular weight is 214 g/mol. The van der Waals surface area contributed by atoms with E-state index in [0.29, 0.717) is 17.0 Å². The lowest BCUT2D eigenvalue weighted by atomic mass is 10.1. The van der Waals surface area contributed by atoms with E-state index in [9.17, 15) is 8.78 Å². The third-order valence-corrected chi connectivity index (χ3v) is 2.34. The molecular formula is C11H16F2N2. The van der Waals surface area contributed by atoms with Crippen molar-refractivity contribution in [2.75, 3.05) is 0 Å². The number of alkyl halides is 2. The number of hydrogen-bond acceptors (Lipinski definition) is 2. The molecule has 0 aromatic carbocycles. The highest BCUT2D eigenvalue weighted by atomic mass is 19.3. The molecule has 1 aromatic rings. The van der Waals surface area contributed by atoms with Crippen LogP contribution in [0.4, 0.5) is 8.78 Å². The normalized spacial score (nSPS) is 21.6. The molecule has 84 valence electrons. The summed E-state index contributed by atoms with van der Waals surface area (Å²) in [7, 11) is 0. The van der Waals surface area contributed by atoms with Gasteiger partial charge in [-0.25, -0.2) is 8.78 Å². The van der Waals surface area contributed by atoms with Crippen molar-refractivity contribution >= 4 is 0 Å². The smallest absolute Gasteiger partial charge is 0.206 e. The van der Waals surface area contributed by atoms with Crippen LogP contribution in [0.1, 0.15) is 43.1 Å². The molecule has 1 heterocycles. The first-order valence-corrected chi connectivity index (χ1v) is 5.19. The third kappa shape index (κ3) is 2.49. The van der Waals surface area contributed by atoms with Gasteiger partial charge in [0.2, 0.25) is 0 Å². The molecule has 1 atom stereocenters. The number of halogens is 2. The van der Waals surface area contributed by atoms with Crippen LogP contribution < -0.4 is 0 Å². The van der Waals surface area contributed by atoms with Crippen molar-refractivity contribution in [1.82, 2.24) is 10.2 Å². The van der Waals surface area contributed by atoms with Gasteiger partial charge in [0.05, 0.1) is 17.3 Å². The molecule has 0 amide bonds. The molecule has 0 saturated heterocycles. The maximum atomic E-state index is 12.7. The molecule has 1 fully saturated rings. The van der Waals surface area contributed by atoms with Crippen molar-refractivity contribution in [1.29, 1.82) is 0 Å². The van der Waals surface area contributed by atoms with Gasteiger partial charge in [-0.2, -0.15) is 10.2 Å². The van der Waals surface area contributed by atoms with Gasteiger partial charge in [-0.05, 0) is 25.5 Å². The lowest BCUT2D eigenvalue weighted by Gasteiger charge is -2.03. The molecule has 1 aliphatic rings. The number of aryl methyl sites for hydroxylation is 2. The number of aromatic nitrogens is 2. The van der Waals surface area contributed by atoms with Crippen molar-refractivity contribution in [3.05, 3.63) is 23.0 Å². The van der Waals surface area contributed by atoms with Gasteiger partial charge in [0.25, 0.3) is 5.92 Å². The van der Waals surface area contributed by atoms with Crippen LogP contribution in [0, 0.1) is 13.8 Å². The fourth-order valence-corrected chi connectivity index (χ4v) is 1.47. The highest BCUT2D eigenvalue weighted by Crippen LogP contribution is 2.56. The second kappa shape index (κ2) is 4.21. The van der Waals surface area contributed by atoms with Crippen LogP contribution in [0.15, 0.2) is 6.07 Å². The Balaban J connectivity index is 0.000000531. The molecule has 4 heteroatoms. The molecule has 0 spiro atoms. The highest BCUT2D eigenvalue weighted by molar-refractivity contribution is 5.32. The molecular weight excluding hydrogens is 198 g/mol. The summed E-state index contributed by atoms with van der Waals surface area (Å²) in [6.07, 6.45) is -0.0427. The van der Waals surface area contributed by atoms with Crippen molar-refractivity contribution < 1.29 is 8.78 Å². The van der Waals surface area contributed by atoms with Gasteiger partial charge in [-0.15, -0.1) is 0 Å². The summed E-state index contributed by atoms with van der Waals surface area (Å²) < 4.78 is 25.5. The minimum Gasteiger partial charge on any atom is -0.206 e. The van der Waals surface area contributed by atoms with Crippen LogP contribution in [0.5, 0.6) is 0 Å². The Morgan fingerprint density at radius 2 is 1.80 bits per heavy atom. The Kier molecular flexibility index (Phi) is 3.37. The Labute approximate surface area is 88.7 Å². The summed E-state index contributed by atoms with van der Waals surface area (Å²) in [5.41, 5.74) is 1.97. The van der Waals surface area contributed by atoms with Gasteiger partial charge in [0, 0.05) is 6.42 Å². The predicted molar refractivity (Wildman–Crippen MR) is 55.2 cm³/mol. The molecule has 2 rings (SSSR count). The molecule has 1 saturated carbocycles. The van der Waals surface area contributed by atoms with Crippen LogP contribution in [0.3, 0.4) is 0 Å². The average Bonchev–Trinajstić information content (AvgIpc) is 2.83. The van der Waals surface area contributed by atoms with Crippen LogP contribution in [-0.2, 0) is 0 Å². The Bertz CT molecular complexity index is 350. The van der Waals surface area contributed by atoms with Gasteiger partial charge in [-0.3, -0.25) is 0 Å². The highest BCUT2D eigenvalue weighted by Gasteiger charge is 2.58. The van der Waals surface area contributed by atoms with Crippen molar-refractivity contribution in [3.63, 3.8) is 0 Å². The number of nitrogens with zero attached hydrogens (tertiary/aromatic N) is 2. The first-order chi connectivity index (χ1) is 7.00. The number of rotatable bonds is 1. The molecule has 1 unspecified atom stereocenters. The first-order valence-electron chi connectivity index (χ1n) is 5.19. The summed E-state index contributed by atoms with van der Waals surface area (Å²) in [5.74, 6) is -3.14. The number of hydrogen-bond donors (Lipinski definition) is 0. The van der Waals surface area contributed by atoms with Gasteiger partial charge in [-0.1, -0.05) is 13.8 Å². The summed E-state index contributed by atoms with van der Waals surface area (Å²) >= 11 is 0. The molecule has 15 heavy (non-hydrogen) atoms. The van der Waals surface area contributed by atoms with E-state index in [0.717, 1.165) is 0 Å². The standard InChI is InChI=1S/C9H10F2N2.C2H6/c1-5-3-7(6(2)13-12-5)8-4-9(8,10)11;1-2/h3,8H,4H2,1-2H3;1-2H3. The van der Waals surface area contributed by atoms with Gasteiger partial charge >= 0.3 is 0 Å². The monoisotopic (exact) mass is 214 g/mol. The largest absolute Gasteiger partial charge is 0.256 e. The van der Waals surface area contributed by atoms with Crippen molar-refractivity contribution in [2.24, 2.45) is 0 Å². The lowest BCUT2D eigenvalue weighted by molar-refractivity contribution is 0.112. The maximum Gasteiger partial charge on any atom is 0.256 e. The fraction of sp³-hybridized carbons (Fsp3) is 0.636. The van der Waals surface area contributed by atoms with Crippen LogP contribution in [-0.4, -0.2) is 16.1 Å². The quantitative estimate of drug-likeness (QED) is 0.717. The third-order valence-electron chi connectivity index (χ3n) is 2.34. The van der Waals surface area contributed by atoms with E-state index in [1.54, 1.807) is 19.9 Å². The second-order valence-corrected chi connectivity index (χ2v) is 3.54. The van der Waals surface area contributed by atoms with Gasteiger partial charge < -0.3 is 0 Å². The molecule has 0 radical (unpaired) electrons. The zero-order chi connectivity index (χ0) is 11.6. The lowest BCUT2D eigenvalue weighted by Crippen LogP contribution is -2.00. The maximum absolute atomic E-state index is 12.7. The van der Waals surface area contributed by atoms with E-state index in [4.69, 9.17) is 0 Å². The first kappa shape index (κ1) is 12.0. The topological polar surface area (TPSA) is 25.8 Å². The predicted octanol–water partition coefficient (Wildman–Crippen LogP) is 3.24. The van der Waals surface area contributed by atoms with Crippen LogP contribution >= 0.6 is 0 Å². The summed E-state index contributed by atoms with van der Waals surface area (Å²) in [5, 5.41) is 7.62. The van der Waals surface area contributed by atoms with E-state index in [-0.39, 0.29) is 6.42 Å². The fourth-order valence-electron chi connectivity index (χ4n) is 1.47. The van der Waals surface area contributed by atoms with E-state index < -0.39 is 11.8 Å². The minimum atomic E-state index is -2.51. The SMILES string of the molecule is CC.Cc1cc(C2CC2(F)F)c(C)nn1. The van der Waals surface area contributed by atoms with Crippen LogP contribution in [0.2, 0.25) is 0 Å². The molecule has 2 nitrogen and oxygen atoms in total. The molecule has 0 aliphatic heterocycles. The molecule has 0 bridgehead atoms. The van der Waals surface area contributed by atoms with Gasteiger partial charge in [0.15, 0.2) is 0 Å². The van der Waals surface area contributed by atoms with E-state index in [2.05, 4.69) is 10.2 Å². The summed E-state index contributed by atoms with van der Waals surface area (Å²) in [6, 6.07) is 1.70.